The van der Waals surface area contributed by atoms with Gasteiger partial charge in [0, 0.05) is 23.2 Å². The molecule has 2 aromatic rings. The van der Waals surface area contributed by atoms with Crippen molar-refractivity contribution in [2.24, 2.45) is 11.5 Å². The minimum atomic E-state index is -0.826. The topological polar surface area (TPSA) is 52.0 Å². The molecule has 0 aromatic heterocycles. The molecule has 0 fully saturated rings. The van der Waals surface area contributed by atoms with Crippen LogP contribution in [0.3, 0.4) is 0 Å². The van der Waals surface area contributed by atoms with Crippen LogP contribution in [-0.4, -0.2) is 20.8 Å². The van der Waals surface area contributed by atoms with Crippen LogP contribution in [0.1, 0.15) is 34.1 Å². The van der Waals surface area contributed by atoms with Crippen LogP contribution in [0.4, 0.5) is 0 Å². The van der Waals surface area contributed by atoms with Crippen molar-refractivity contribution in [2.45, 2.75) is 23.2 Å². The Labute approximate surface area is 176 Å². The maximum absolute atomic E-state index is 6.56. The first-order chi connectivity index (χ1) is 12.7. The molecule has 6 heteroatoms. The Morgan fingerprint density at radius 1 is 0.769 bits per heavy atom. The normalized spacial score (nSPS) is 21.4. The summed E-state index contributed by atoms with van der Waals surface area (Å²) in [6, 6.07) is 17.0. The number of hydrogen-bond donors (Lipinski definition) is 2. The van der Waals surface area contributed by atoms with Gasteiger partial charge in [-0.3, -0.25) is 0 Å². The third-order valence-corrected chi connectivity index (χ3v) is 6.67. The number of fused-ring (bicyclic) bond motifs is 2. The second kappa shape index (κ2) is 9.64. The second-order valence-corrected chi connectivity index (χ2v) is 12.1. The Kier molecular flexibility index (Phi) is 7.51. The SMILES string of the molecule is NC([SiH]C(N)C1C=Cc2ccccc21)C1C=Cc2ccccc21.[Cl][Zr][Cl]. The van der Waals surface area contributed by atoms with Gasteiger partial charge in [-0.05, 0) is 22.3 Å². The number of hydrogen-bond acceptors (Lipinski definition) is 2. The Morgan fingerprint density at radius 2 is 1.15 bits per heavy atom. The summed E-state index contributed by atoms with van der Waals surface area (Å²) in [5.41, 5.74) is 18.7. The number of halogens is 2. The van der Waals surface area contributed by atoms with Gasteiger partial charge in [0.25, 0.3) is 0 Å². The molecule has 0 heterocycles. The van der Waals surface area contributed by atoms with Crippen molar-refractivity contribution in [2.75, 3.05) is 0 Å². The van der Waals surface area contributed by atoms with E-state index in [1.807, 2.05) is 0 Å². The molecule has 4 atom stereocenters. The zero-order chi connectivity index (χ0) is 18.5. The fraction of sp³-hybridized carbons (Fsp3) is 0.200. The van der Waals surface area contributed by atoms with Gasteiger partial charge in [0.05, 0.1) is 9.52 Å². The van der Waals surface area contributed by atoms with Crippen LogP contribution in [0.5, 0.6) is 0 Å². The molecule has 4 unspecified atom stereocenters. The Balaban J connectivity index is 0.000000613. The van der Waals surface area contributed by atoms with Crippen molar-refractivity contribution in [3.63, 3.8) is 0 Å². The van der Waals surface area contributed by atoms with Gasteiger partial charge in [-0.15, -0.1) is 0 Å². The Bertz CT molecular complexity index is 746. The van der Waals surface area contributed by atoms with E-state index >= 15 is 0 Å². The second-order valence-electron chi connectivity index (χ2n) is 6.45. The maximum atomic E-state index is 6.56. The molecular formula is C20H21Cl2N2SiZr. The summed E-state index contributed by atoms with van der Waals surface area (Å²) in [4.78, 5) is 0. The summed E-state index contributed by atoms with van der Waals surface area (Å²) in [5.74, 6) is 0.626. The summed E-state index contributed by atoms with van der Waals surface area (Å²) in [7, 11) is 9.82. The van der Waals surface area contributed by atoms with Crippen LogP contribution in [0.2, 0.25) is 0 Å². The number of rotatable bonds is 4. The molecule has 1 radical (unpaired) electrons. The van der Waals surface area contributed by atoms with Crippen molar-refractivity contribution in [3.05, 3.63) is 82.9 Å². The van der Waals surface area contributed by atoms with E-state index in [-0.39, 0.29) is 20.8 Å². The third-order valence-electron chi connectivity index (χ3n) is 4.95. The zero-order valence-electron chi connectivity index (χ0n) is 14.2. The van der Waals surface area contributed by atoms with Gasteiger partial charge in [0.2, 0.25) is 0 Å². The summed E-state index contributed by atoms with van der Waals surface area (Å²) in [6.07, 6.45) is 8.87. The molecular weight excluding hydrogens is 458 g/mol. The third kappa shape index (κ3) is 4.49. The molecule has 2 aromatic carbocycles. The first kappa shape index (κ1) is 20.3. The average molecular weight is 480 g/mol. The van der Waals surface area contributed by atoms with Crippen molar-refractivity contribution in [1.82, 2.24) is 0 Å². The molecule has 4 N–H and O–H groups in total. The van der Waals surface area contributed by atoms with Gasteiger partial charge >= 0.3 is 37.9 Å². The average Bonchev–Trinajstić information content (AvgIpc) is 3.26. The first-order valence-electron chi connectivity index (χ1n) is 8.52. The molecule has 2 nitrogen and oxygen atoms in total. The van der Waals surface area contributed by atoms with Crippen molar-refractivity contribution in [3.8, 4) is 0 Å². The van der Waals surface area contributed by atoms with E-state index in [0.29, 0.717) is 11.8 Å². The van der Waals surface area contributed by atoms with E-state index in [1.54, 1.807) is 0 Å². The molecule has 4 rings (SSSR count). The van der Waals surface area contributed by atoms with Crippen LogP contribution in [0.15, 0.2) is 60.7 Å². The van der Waals surface area contributed by atoms with Gasteiger partial charge in [-0.1, -0.05) is 72.8 Å². The predicted octanol–water partition coefficient (Wildman–Crippen LogP) is 3.99. The van der Waals surface area contributed by atoms with Gasteiger partial charge in [0.1, 0.15) is 0 Å². The molecule has 0 spiro atoms. The molecule has 26 heavy (non-hydrogen) atoms. The molecule has 2 aliphatic carbocycles. The van der Waals surface area contributed by atoms with Gasteiger partial charge < -0.3 is 11.5 Å². The summed E-state index contributed by atoms with van der Waals surface area (Å²) in [6.45, 7) is 0. The van der Waals surface area contributed by atoms with Crippen molar-refractivity contribution in [1.29, 1.82) is 0 Å². The van der Waals surface area contributed by atoms with Crippen LogP contribution < -0.4 is 11.5 Å². The summed E-state index contributed by atoms with van der Waals surface area (Å²) < 4.78 is 0. The van der Waals surface area contributed by atoms with E-state index in [0.717, 1.165) is 0 Å². The summed E-state index contributed by atoms with van der Waals surface area (Å²) >= 11 is -0.826. The Morgan fingerprint density at radius 3 is 1.58 bits per heavy atom. The fourth-order valence-corrected chi connectivity index (χ4v) is 5.39. The van der Waals surface area contributed by atoms with Crippen LogP contribution in [0, 0.1) is 0 Å². The van der Waals surface area contributed by atoms with Crippen molar-refractivity contribution < 1.29 is 20.8 Å². The van der Waals surface area contributed by atoms with Crippen molar-refractivity contribution >= 4 is 38.7 Å². The molecule has 2 aliphatic rings. The van der Waals surface area contributed by atoms with Crippen LogP contribution in [-0.2, 0) is 20.8 Å². The zero-order valence-corrected chi connectivity index (χ0v) is 19.4. The quantitative estimate of drug-likeness (QED) is 0.652. The van der Waals surface area contributed by atoms with E-state index in [4.69, 9.17) is 28.5 Å². The molecule has 0 bridgehead atoms. The van der Waals surface area contributed by atoms with E-state index in [9.17, 15) is 0 Å². The molecule has 0 saturated heterocycles. The molecule has 0 saturated carbocycles. The molecule has 133 valence electrons. The van der Waals surface area contributed by atoms with Gasteiger partial charge in [0.15, 0.2) is 0 Å². The Hall–Kier alpha value is -0.480. The van der Waals surface area contributed by atoms with Crippen LogP contribution in [0.25, 0.3) is 12.2 Å². The number of nitrogens with two attached hydrogens (primary N) is 2. The summed E-state index contributed by atoms with van der Waals surface area (Å²) in [5, 5.41) is 0. The minimum absolute atomic E-state index is 0.0499. The van der Waals surface area contributed by atoms with Crippen LogP contribution >= 0.6 is 17.0 Å². The first-order valence-corrected chi connectivity index (χ1v) is 16.2. The van der Waals surface area contributed by atoms with E-state index < -0.39 is 20.8 Å². The predicted molar refractivity (Wildman–Crippen MR) is 111 cm³/mol. The standard InChI is InChI=1S/C20H21N2Si.2ClH.Zr/c21-19(17-11-9-13-5-1-3-7-15(13)17)23-20(22)18-12-10-14-6-2-4-8-16(14)18;;;/h1-12,17-20,23H,21-22H2;2*1H;/q;;;+2/p-2. The molecule has 0 aliphatic heterocycles. The van der Waals surface area contributed by atoms with E-state index in [1.165, 1.54) is 22.3 Å². The van der Waals surface area contributed by atoms with Gasteiger partial charge in [-0.25, -0.2) is 0 Å². The number of benzene rings is 2. The molecule has 0 amide bonds. The fourth-order valence-electron chi connectivity index (χ4n) is 3.72. The van der Waals surface area contributed by atoms with Gasteiger partial charge in [-0.2, -0.15) is 0 Å². The van der Waals surface area contributed by atoms with E-state index in [2.05, 4.69) is 72.8 Å². The monoisotopic (exact) mass is 477 g/mol.